The van der Waals surface area contributed by atoms with Gasteiger partial charge < -0.3 is 10.1 Å². The number of nitrogens with one attached hydrogen (secondary N) is 1. The maximum Gasteiger partial charge on any atom is 0.0827 e. The summed E-state index contributed by atoms with van der Waals surface area (Å²) in [6.45, 7) is 7.33. The maximum atomic E-state index is 6.13. The third-order valence-electron chi connectivity index (χ3n) is 3.64. The summed E-state index contributed by atoms with van der Waals surface area (Å²) in [5.41, 5.74) is 2.90. The van der Waals surface area contributed by atoms with Crippen LogP contribution in [0.25, 0.3) is 0 Å². The van der Waals surface area contributed by atoms with Gasteiger partial charge in [-0.25, -0.2) is 0 Å². The Labute approximate surface area is 111 Å². The van der Waals surface area contributed by atoms with E-state index in [1.807, 2.05) is 0 Å². The van der Waals surface area contributed by atoms with E-state index in [0.29, 0.717) is 12.0 Å². The summed E-state index contributed by atoms with van der Waals surface area (Å²) in [6.07, 6.45) is 3.95. The van der Waals surface area contributed by atoms with Gasteiger partial charge in [-0.15, -0.1) is 0 Å². The number of aryl methyl sites for hydroxylation is 1. The Balaban J connectivity index is 1.87. The number of fused-ring (bicyclic) bond motifs is 1. The van der Waals surface area contributed by atoms with Crippen molar-refractivity contribution in [3.63, 3.8) is 0 Å². The van der Waals surface area contributed by atoms with E-state index in [2.05, 4.69) is 43.4 Å². The van der Waals surface area contributed by atoms with E-state index in [1.165, 1.54) is 30.4 Å². The lowest BCUT2D eigenvalue weighted by Crippen LogP contribution is -2.25. The lowest BCUT2D eigenvalue weighted by Gasteiger charge is -2.27. The molecule has 0 spiro atoms. The standard InChI is InChI=1S/C16H25NO/c1-3-17-11-13(2)12-18-16-10-6-8-14-7-4-5-9-15(14)16/h4-5,7,9,13,16-17H,3,6,8,10-12H2,1-2H3. The normalized spacial score (nSPS) is 20.4. The number of ether oxygens (including phenoxy) is 1. The minimum Gasteiger partial charge on any atom is -0.373 e. The highest BCUT2D eigenvalue weighted by molar-refractivity contribution is 5.31. The van der Waals surface area contributed by atoms with Gasteiger partial charge >= 0.3 is 0 Å². The van der Waals surface area contributed by atoms with Crippen LogP contribution in [-0.2, 0) is 11.2 Å². The van der Waals surface area contributed by atoms with Gasteiger partial charge in [0.1, 0.15) is 0 Å². The fourth-order valence-electron chi connectivity index (χ4n) is 2.61. The van der Waals surface area contributed by atoms with Crippen LogP contribution in [0.3, 0.4) is 0 Å². The first kappa shape index (κ1) is 13.6. The maximum absolute atomic E-state index is 6.13. The first-order chi connectivity index (χ1) is 8.81. The molecule has 0 fully saturated rings. The van der Waals surface area contributed by atoms with Gasteiger partial charge in [-0.2, -0.15) is 0 Å². The molecule has 1 aromatic carbocycles. The molecule has 1 aromatic rings. The van der Waals surface area contributed by atoms with Crippen molar-refractivity contribution in [2.75, 3.05) is 19.7 Å². The molecule has 0 radical (unpaired) electrons. The lowest BCUT2D eigenvalue weighted by atomic mass is 9.89. The Kier molecular flexibility index (Phi) is 5.21. The zero-order valence-corrected chi connectivity index (χ0v) is 11.6. The van der Waals surface area contributed by atoms with Crippen molar-refractivity contribution < 1.29 is 4.74 Å². The molecule has 100 valence electrons. The van der Waals surface area contributed by atoms with Gasteiger partial charge in [0, 0.05) is 0 Å². The zero-order chi connectivity index (χ0) is 12.8. The molecule has 2 rings (SSSR count). The van der Waals surface area contributed by atoms with Crippen LogP contribution >= 0.6 is 0 Å². The average Bonchev–Trinajstić information content (AvgIpc) is 2.42. The molecular weight excluding hydrogens is 222 g/mol. The summed E-state index contributed by atoms with van der Waals surface area (Å²) < 4.78 is 6.13. The van der Waals surface area contributed by atoms with Crippen molar-refractivity contribution in [1.82, 2.24) is 5.32 Å². The fourth-order valence-corrected chi connectivity index (χ4v) is 2.61. The van der Waals surface area contributed by atoms with E-state index in [-0.39, 0.29) is 0 Å². The topological polar surface area (TPSA) is 21.3 Å². The zero-order valence-electron chi connectivity index (χ0n) is 11.6. The highest BCUT2D eigenvalue weighted by atomic mass is 16.5. The molecule has 0 heterocycles. The predicted octanol–water partition coefficient (Wildman–Crippen LogP) is 3.33. The lowest BCUT2D eigenvalue weighted by molar-refractivity contribution is 0.0213. The Morgan fingerprint density at radius 1 is 1.39 bits per heavy atom. The van der Waals surface area contributed by atoms with E-state index in [9.17, 15) is 0 Å². The Bertz CT molecular complexity index is 364. The third-order valence-corrected chi connectivity index (χ3v) is 3.64. The average molecular weight is 247 g/mol. The van der Waals surface area contributed by atoms with Crippen molar-refractivity contribution in [2.24, 2.45) is 5.92 Å². The second-order valence-corrected chi connectivity index (χ2v) is 5.33. The van der Waals surface area contributed by atoms with Crippen LogP contribution in [0.5, 0.6) is 0 Å². The molecule has 2 nitrogen and oxygen atoms in total. The van der Waals surface area contributed by atoms with Gasteiger partial charge in [0.15, 0.2) is 0 Å². The largest absolute Gasteiger partial charge is 0.373 e. The molecule has 0 amide bonds. The van der Waals surface area contributed by atoms with Gasteiger partial charge in [-0.05, 0) is 49.4 Å². The van der Waals surface area contributed by atoms with E-state index in [0.717, 1.165) is 19.7 Å². The SMILES string of the molecule is CCNCC(C)COC1CCCc2ccccc21. The van der Waals surface area contributed by atoms with Gasteiger partial charge in [-0.1, -0.05) is 38.1 Å². The first-order valence-electron chi connectivity index (χ1n) is 7.21. The number of benzene rings is 1. The minimum atomic E-state index is 0.319. The fraction of sp³-hybridized carbons (Fsp3) is 0.625. The Morgan fingerprint density at radius 2 is 2.22 bits per heavy atom. The van der Waals surface area contributed by atoms with Crippen molar-refractivity contribution >= 4 is 0 Å². The van der Waals surface area contributed by atoms with Crippen LogP contribution < -0.4 is 5.32 Å². The summed E-state index contributed by atoms with van der Waals surface area (Å²) >= 11 is 0. The van der Waals surface area contributed by atoms with Crippen molar-refractivity contribution in [1.29, 1.82) is 0 Å². The molecule has 1 N–H and O–H groups in total. The van der Waals surface area contributed by atoms with Gasteiger partial charge in [-0.3, -0.25) is 0 Å². The molecule has 2 unspecified atom stereocenters. The number of rotatable bonds is 6. The molecule has 0 bridgehead atoms. The minimum absolute atomic E-state index is 0.319. The van der Waals surface area contributed by atoms with Crippen LogP contribution in [-0.4, -0.2) is 19.7 Å². The van der Waals surface area contributed by atoms with Gasteiger partial charge in [0.05, 0.1) is 12.7 Å². The molecule has 1 aliphatic carbocycles. The van der Waals surface area contributed by atoms with Gasteiger partial charge in [0.25, 0.3) is 0 Å². The second kappa shape index (κ2) is 6.91. The smallest absolute Gasteiger partial charge is 0.0827 e. The van der Waals surface area contributed by atoms with Crippen LogP contribution in [0, 0.1) is 5.92 Å². The second-order valence-electron chi connectivity index (χ2n) is 5.33. The molecular formula is C16H25NO. The van der Waals surface area contributed by atoms with E-state index < -0.39 is 0 Å². The summed E-state index contributed by atoms with van der Waals surface area (Å²) in [6, 6.07) is 8.73. The summed E-state index contributed by atoms with van der Waals surface area (Å²) in [5, 5.41) is 3.37. The molecule has 1 aliphatic rings. The molecule has 0 aliphatic heterocycles. The van der Waals surface area contributed by atoms with Crippen molar-refractivity contribution in [3.05, 3.63) is 35.4 Å². The van der Waals surface area contributed by atoms with Crippen LogP contribution in [0.4, 0.5) is 0 Å². The van der Waals surface area contributed by atoms with Crippen LogP contribution in [0.2, 0.25) is 0 Å². The number of hydrogen-bond donors (Lipinski definition) is 1. The highest BCUT2D eigenvalue weighted by Crippen LogP contribution is 2.32. The molecule has 0 saturated heterocycles. The predicted molar refractivity (Wildman–Crippen MR) is 75.8 cm³/mol. The van der Waals surface area contributed by atoms with E-state index >= 15 is 0 Å². The number of hydrogen-bond acceptors (Lipinski definition) is 2. The first-order valence-corrected chi connectivity index (χ1v) is 7.21. The molecule has 2 atom stereocenters. The molecule has 2 heteroatoms. The highest BCUT2D eigenvalue weighted by Gasteiger charge is 2.20. The molecule has 0 saturated carbocycles. The summed E-state index contributed by atoms with van der Waals surface area (Å²) in [7, 11) is 0. The van der Waals surface area contributed by atoms with Crippen molar-refractivity contribution in [3.8, 4) is 0 Å². The van der Waals surface area contributed by atoms with E-state index in [1.54, 1.807) is 0 Å². The molecule has 18 heavy (non-hydrogen) atoms. The quantitative estimate of drug-likeness (QED) is 0.832. The summed E-state index contributed by atoms with van der Waals surface area (Å²) in [5.74, 6) is 0.582. The summed E-state index contributed by atoms with van der Waals surface area (Å²) in [4.78, 5) is 0. The Hall–Kier alpha value is -0.860. The third kappa shape index (κ3) is 3.56. The Morgan fingerprint density at radius 3 is 3.06 bits per heavy atom. The van der Waals surface area contributed by atoms with Crippen LogP contribution in [0.1, 0.15) is 43.9 Å². The van der Waals surface area contributed by atoms with Crippen molar-refractivity contribution in [2.45, 2.75) is 39.2 Å². The molecule has 0 aromatic heterocycles. The van der Waals surface area contributed by atoms with Gasteiger partial charge in [0.2, 0.25) is 0 Å². The monoisotopic (exact) mass is 247 g/mol. The van der Waals surface area contributed by atoms with E-state index in [4.69, 9.17) is 4.74 Å². The van der Waals surface area contributed by atoms with Crippen LogP contribution in [0.15, 0.2) is 24.3 Å².